The molecule has 0 N–H and O–H groups in total. The number of fused-ring (bicyclic) bond motifs is 2. The second-order valence-electron chi connectivity index (χ2n) is 7.63. The minimum absolute atomic E-state index is 0.888. The molecular weight excluding hydrogens is 228 g/mol. The van der Waals surface area contributed by atoms with Gasteiger partial charge >= 0.3 is 0 Å². The van der Waals surface area contributed by atoms with Crippen LogP contribution >= 0.6 is 0 Å². The zero-order valence-corrected chi connectivity index (χ0v) is 12.1. The van der Waals surface area contributed by atoms with Gasteiger partial charge in [0.25, 0.3) is 0 Å². The zero-order valence-electron chi connectivity index (χ0n) is 12.1. The average Bonchev–Trinajstić information content (AvgIpc) is 3.05. The topological polar surface area (TPSA) is 0 Å². The standard InChI is InChI=1S/C19H28/c1-3-7-18-14(5-1)9-11-16(18)13-17-12-10-15-6-2-4-8-19(15)17/h1,3,5,7,14-19H,2,4,6,8-13H2. The van der Waals surface area contributed by atoms with E-state index in [1.807, 2.05) is 0 Å². The quantitative estimate of drug-likeness (QED) is 0.624. The maximum Gasteiger partial charge on any atom is -0.0139 e. The maximum absolute atomic E-state index is 2.52. The summed E-state index contributed by atoms with van der Waals surface area (Å²) in [6.07, 6.45) is 23.4. The summed E-state index contributed by atoms with van der Waals surface area (Å²) < 4.78 is 0. The molecule has 19 heavy (non-hydrogen) atoms. The first-order chi connectivity index (χ1) is 9.42. The molecule has 0 spiro atoms. The Morgan fingerprint density at radius 2 is 1.58 bits per heavy atom. The van der Waals surface area contributed by atoms with Gasteiger partial charge < -0.3 is 0 Å². The molecule has 4 aliphatic rings. The van der Waals surface area contributed by atoms with Gasteiger partial charge in [-0.3, -0.25) is 0 Å². The Bertz CT molecular complexity index is 377. The summed E-state index contributed by atoms with van der Waals surface area (Å²) in [5.74, 6) is 6.13. The van der Waals surface area contributed by atoms with Crippen LogP contribution in [0.5, 0.6) is 0 Å². The fourth-order valence-electron chi connectivity index (χ4n) is 5.88. The highest BCUT2D eigenvalue weighted by atomic mass is 14.5. The number of hydrogen-bond acceptors (Lipinski definition) is 0. The molecule has 0 aromatic rings. The predicted octanol–water partition coefficient (Wildman–Crippen LogP) is 5.36. The summed E-state index contributed by atoms with van der Waals surface area (Å²) in [6.45, 7) is 0. The first-order valence-electron chi connectivity index (χ1n) is 8.77. The zero-order chi connectivity index (χ0) is 12.7. The number of rotatable bonds is 2. The number of hydrogen-bond donors (Lipinski definition) is 0. The van der Waals surface area contributed by atoms with Gasteiger partial charge in [-0.25, -0.2) is 0 Å². The van der Waals surface area contributed by atoms with Crippen molar-refractivity contribution in [2.24, 2.45) is 35.5 Å². The third-order valence-corrected chi connectivity index (χ3v) is 6.80. The van der Waals surface area contributed by atoms with E-state index in [0.29, 0.717) is 0 Å². The second kappa shape index (κ2) is 5.11. The molecule has 6 atom stereocenters. The van der Waals surface area contributed by atoms with Crippen LogP contribution in [0.15, 0.2) is 24.3 Å². The SMILES string of the molecule is C1=CC2CCC(CC3CCC4CCCCC43)C2C=C1. The summed E-state index contributed by atoms with van der Waals surface area (Å²) in [5.41, 5.74) is 0. The minimum Gasteiger partial charge on any atom is -0.0808 e. The Morgan fingerprint density at radius 3 is 2.58 bits per heavy atom. The van der Waals surface area contributed by atoms with E-state index in [1.165, 1.54) is 25.7 Å². The van der Waals surface area contributed by atoms with E-state index in [0.717, 1.165) is 35.5 Å². The van der Waals surface area contributed by atoms with Gasteiger partial charge in [0.2, 0.25) is 0 Å². The molecule has 0 radical (unpaired) electrons. The van der Waals surface area contributed by atoms with Gasteiger partial charge in [-0.15, -0.1) is 0 Å². The van der Waals surface area contributed by atoms with Crippen LogP contribution in [0.25, 0.3) is 0 Å². The summed E-state index contributed by atoms with van der Waals surface area (Å²) in [4.78, 5) is 0. The highest BCUT2D eigenvalue weighted by molar-refractivity contribution is 5.17. The normalized spacial score (nSPS) is 48.2. The van der Waals surface area contributed by atoms with Crippen LogP contribution < -0.4 is 0 Å². The van der Waals surface area contributed by atoms with Gasteiger partial charge in [0, 0.05) is 0 Å². The summed E-state index contributed by atoms with van der Waals surface area (Å²) in [5, 5.41) is 0. The monoisotopic (exact) mass is 256 g/mol. The van der Waals surface area contributed by atoms with Gasteiger partial charge in [-0.2, -0.15) is 0 Å². The van der Waals surface area contributed by atoms with Crippen molar-refractivity contribution in [1.82, 2.24) is 0 Å². The van der Waals surface area contributed by atoms with Crippen molar-refractivity contribution in [3.05, 3.63) is 24.3 Å². The molecule has 4 rings (SSSR count). The molecule has 4 aliphatic carbocycles. The van der Waals surface area contributed by atoms with Crippen molar-refractivity contribution in [2.75, 3.05) is 0 Å². The molecule has 0 aliphatic heterocycles. The van der Waals surface area contributed by atoms with E-state index in [9.17, 15) is 0 Å². The van der Waals surface area contributed by atoms with Gasteiger partial charge in [0.1, 0.15) is 0 Å². The van der Waals surface area contributed by atoms with E-state index in [4.69, 9.17) is 0 Å². The smallest absolute Gasteiger partial charge is 0.0139 e. The first-order valence-corrected chi connectivity index (χ1v) is 8.77. The third kappa shape index (κ3) is 2.22. The van der Waals surface area contributed by atoms with E-state index in [-0.39, 0.29) is 0 Å². The first kappa shape index (κ1) is 12.2. The van der Waals surface area contributed by atoms with Gasteiger partial charge in [0.15, 0.2) is 0 Å². The Balaban J connectivity index is 1.42. The molecule has 0 heteroatoms. The van der Waals surface area contributed by atoms with Crippen LogP contribution in [0.1, 0.15) is 57.8 Å². The summed E-state index contributed by atoms with van der Waals surface area (Å²) in [7, 11) is 0. The highest BCUT2D eigenvalue weighted by Crippen LogP contribution is 2.51. The van der Waals surface area contributed by atoms with Crippen molar-refractivity contribution in [3.63, 3.8) is 0 Å². The lowest BCUT2D eigenvalue weighted by Crippen LogP contribution is -2.23. The van der Waals surface area contributed by atoms with Crippen LogP contribution in [-0.4, -0.2) is 0 Å². The molecule has 0 aromatic carbocycles. The molecule has 0 aromatic heterocycles. The Kier molecular flexibility index (Phi) is 3.29. The highest BCUT2D eigenvalue weighted by Gasteiger charge is 2.41. The van der Waals surface area contributed by atoms with E-state index in [2.05, 4.69) is 24.3 Å². The molecule has 0 heterocycles. The maximum atomic E-state index is 2.52. The van der Waals surface area contributed by atoms with Gasteiger partial charge in [-0.1, -0.05) is 43.6 Å². The van der Waals surface area contributed by atoms with Crippen molar-refractivity contribution < 1.29 is 0 Å². The lowest BCUT2D eigenvalue weighted by molar-refractivity contribution is 0.195. The molecule has 0 saturated heterocycles. The third-order valence-electron chi connectivity index (χ3n) is 6.80. The van der Waals surface area contributed by atoms with Crippen molar-refractivity contribution >= 4 is 0 Å². The molecule has 0 bridgehead atoms. The second-order valence-corrected chi connectivity index (χ2v) is 7.63. The molecule has 104 valence electrons. The molecular formula is C19H28. The van der Waals surface area contributed by atoms with Crippen LogP contribution in [0.4, 0.5) is 0 Å². The van der Waals surface area contributed by atoms with Crippen LogP contribution in [-0.2, 0) is 0 Å². The van der Waals surface area contributed by atoms with Crippen LogP contribution in [0.2, 0.25) is 0 Å². The molecule has 3 fully saturated rings. The van der Waals surface area contributed by atoms with E-state index < -0.39 is 0 Å². The molecule has 0 nitrogen and oxygen atoms in total. The largest absolute Gasteiger partial charge is 0.0808 e. The van der Waals surface area contributed by atoms with E-state index in [1.54, 1.807) is 32.1 Å². The van der Waals surface area contributed by atoms with Crippen LogP contribution in [0.3, 0.4) is 0 Å². The Labute approximate surface area is 118 Å². The van der Waals surface area contributed by atoms with E-state index >= 15 is 0 Å². The lowest BCUT2D eigenvalue weighted by atomic mass is 9.73. The van der Waals surface area contributed by atoms with Gasteiger partial charge in [-0.05, 0) is 74.0 Å². The molecule has 6 unspecified atom stereocenters. The lowest BCUT2D eigenvalue weighted by Gasteiger charge is -2.32. The minimum atomic E-state index is 0.888. The van der Waals surface area contributed by atoms with Gasteiger partial charge in [0.05, 0.1) is 0 Å². The fraction of sp³-hybridized carbons (Fsp3) is 0.789. The number of allylic oxidation sites excluding steroid dienone is 4. The van der Waals surface area contributed by atoms with Crippen LogP contribution in [0, 0.1) is 35.5 Å². The summed E-state index contributed by atoms with van der Waals surface area (Å²) >= 11 is 0. The Morgan fingerprint density at radius 1 is 0.737 bits per heavy atom. The molecule has 0 amide bonds. The predicted molar refractivity (Wildman–Crippen MR) is 80.8 cm³/mol. The summed E-state index contributed by atoms with van der Waals surface area (Å²) in [6, 6.07) is 0. The van der Waals surface area contributed by atoms with Crippen molar-refractivity contribution in [2.45, 2.75) is 57.8 Å². The van der Waals surface area contributed by atoms with Crippen molar-refractivity contribution in [3.8, 4) is 0 Å². The van der Waals surface area contributed by atoms with Crippen molar-refractivity contribution in [1.29, 1.82) is 0 Å². The Hall–Kier alpha value is -0.520. The fourth-order valence-corrected chi connectivity index (χ4v) is 5.88. The average molecular weight is 256 g/mol. The molecule has 3 saturated carbocycles.